The van der Waals surface area contributed by atoms with Crippen LogP contribution in [-0.4, -0.2) is 37.0 Å². The van der Waals surface area contributed by atoms with E-state index in [9.17, 15) is 9.59 Å². The van der Waals surface area contributed by atoms with E-state index < -0.39 is 0 Å². The van der Waals surface area contributed by atoms with Gasteiger partial charge in [0, 0.05) is 12.7 Å². The third kappa shape index (κ3) is 6.16. The van der Waals surface area contributed by atoms with Crippen molar-refractivity contribution in [3.05, 3.63) is 34.8 Å². The van der Waals surface area contributed by atoms with E-state index in [1.54, 1.807) is 21.0 Å². The minimum absolute atomic E-state index is 0.0404. The Hall–Kier alpha value is -1.88. The van der Waals surface area contributed by atoms with Crippen molar-refractivity contribution in [3.63, 3.8) is 0 Å². The van der Waals surface area contributed by atoms with E-state index in [0.29, 0.717) is 5.57 Å². The van der Waals surface area contributed by atoms with Crippen LogP contribution in [0.5, 0.6) is 0 Å². The summed E-state index contributed by atoms with van der Waals surface area (Å²) < 4.78 is 16.8. The molecule has 0 spiro atoms. The number of carbonyl (C=O) groups is 2. The zero-order chi connectivity index (χ0) is 19.1. The molecule has 0 amide bonds. The molecule has 0 N–H and O–H groups in total. The van der Waals surface area contributed by atoms with Gasteiger partial charge in [-0.05, 0) is 60.5 Å². The Kier molecular flexibility index (Phi) is 8.10. The minimum Gasteiger partial charge on any atom is -0.483 e. The van der Waals surface area contributed by atoms with Crippen LogP contribution in [-0.2, 0) is 23.8 Å². The van der Waals surface area contributed by atoms with Crippen molar-refractivity contribution in [2.24, 2.45) is 0 Å². The molecule has 1 atom stereocenters. The molecule has 0 bridgehead atoms. The van der Waals surface area contributed by atoms with Crippen molar-refractivity contribution in [1.82, 2.24) is 0 Å². The lowest BCUT2D eigenvalue weighted by molar-refractivity contribution is -0.121. The highest BCUT2D eigenvalue weighted by atomic mass is 16.5. The summed E-state index contributed by atoms with van der Waals surface area (Å²) in [6, 6.07) is 0. The molecule has 5 nitrogen and oxygen atoms in total. The molecule has 1 unspecified atom stereocenters. The van der Waals surface area contributed by atoms with Crippen LogP contribution < -0.4 is 0 Å². The summed E-state index contributed by atoms with van der Waals surface area (Å²) >= 11 is 0. The lowest BCUT2D eigenvalue weighted by Gasteiger charge is -2.21. The monoisotopic (exact) mass is 350 g/mol. The van der Waals surface area contributed by atoms with Crippen LogP contribution in [0.15, 0.2) is 34.8 Å². The van der Waals surface area contributed by atoms with Crippen LogP contribution in [0, 0.1) is 0 Å². The van der Waals surface area contributed by atoms with Gasteiger partial charge in [-0.1, -0.05) is 11.6 Å². The number of hydrogen-bond acceptors (Lipinski definition) is 5. The van der Waals surface area contributed by atoms with E-state index in [4.69, 9.17) is 14.2 Å². The number of Topliss-reactive ketones (excluding diaryl/α,β-unsaturated/α-hetero) is 1. The van der Waals surface area contributed by atoms with E-state index in [-0.39, 0.29) is 41.4 Å². The van der Waals surface area contributed by atoms with E-state index >= 15 is 0 Å². The molecule has 1 aliphatic carbocycles. The van der Waals surface area contributed by atoms with Crippen LogP contribution in [0.25, 0.3) is 0 Å². The van der Waals surface area contributed by atoms with Crippen molar-refractivity contribution in [2.45, 2.75) is 72.7 Å². The molecule has 0 saturated heterocycles. The molecule has 0 aromatic rings. The molecule has 0 fully saturated rings. The summed E-state index contributed by atoms with van der Waals surface area (Å²) in [6.45, 7) is 10.9. The number of methoxy groups -OCH3 is 1. The maximum absolute atomic E-state index is 13.1. The summed E-state index contributed by atoms with van der Waals surface area (Å²) in [5, 5.41) is 0. The van der Waals surface area contributed by atoms with Crippen LogP contribution >= 0.6 is 0 Å². The first-order chi connectivity index (χ1) is 11.7. The van der Waals surface area contributed by atoms with Crippen molar-refractivity contribution in [1.29, 1.82) is 0 Å². The topological polar surface area (TPSA) is 61.8 Å². The molecule has 0 aliphatic heterocycles. The smallest absolute Gasteiger partial charge is 0.229 e. The highest BCUT2D eigenvalue weighted by Crippen LogP contribution is 2.27. The Bertz CT molecular complexity index is 589. The summed E-state index contributed by atoms with van der Waals surface area (Å²) in [6.07, 6.45) is 3.98. The van der Waals surface area contributed by atoms with Gasteiger partial charge in [0.15, 0.2) is 0 Å². The molecule has 0 radical (unpaired) electrons. The van der Waals surface area contributed by atoms with Crippen LogP contribution in [0.2, 0.25) is 0 Å². The summed E-state index contributed by atoms with van der Waals surface area (Å²) in [5.41, 5.74) is 1.34. The number of allylic oxidation sites excluding steroid dienone is 4. The lowest BCUT2D eigenvalue weighted by Crippen LogP contribution is -2.25. The molecule has 25 heavy (non-hydrogen) atoms. The zero-order valence-corrected chi connectivity index (χ0v) is 16.3. The third-order valence-corrected chi connectivity index (χ3v) is 3.45. The van der Waals surface area contributed by atoms with E-state index in [1.807, 2.05) is 33.8 Å². The Labute approximate surface area is 150 Å². The fourth-order valence-corrected chi connectivity index (χ4v) is 2.52. The van der Waals surface area contributed by atoms with Gasteiger partial charge in [-0.25, -0.2) is 0 Å². The van der Waals surface area contributed by atoms with Crippen molar-refractivity contribution < 1.29 is 23.8 Å². The molecule has 1 rings (SSSR count). The van der Waals surface area contributed by atoms with Gasteiger partial charge < -0.3 is 14.2 Å². The fourth-order valence-electron chi connectivity index (χ4n) is 2.52. The summed E-state index contributed by atoms with van der Waals surface area (Å²) in [7, 11) is 1.57. The third-order valence-electron chi connectivity index (χ3n) is 3.45. The van der Waals surface area contributed by atoms with Gasteiger partial charge in [0.25, 0.3) is 0 Å². The van der Waals surface area contributed by atoms with E-state index in [2.05, 4.69) is 0 Å². The Morgan fingerprint density at radius 3 is 2.12 bits per heavy atom. The highest BCUT2D eigenvalue weighted by molar-refractivity contribution is 6.14. The van der Waals surface area contributed by atoms with Crippen molar-refractivity contribution in [3.8, 4) is 0 Å². The minimum atomic E-state index is -0.370. The first-order valence-electron chi connectivity index (χ1n) is 8.71. The van der Waals surface area contributed by atoms with Gasteiger partial charge in [0.1, 0.15) is 0 Å². The number of ketones is 2. The zero-order valence-electron chi connectivity index (χ0n) is 16.3. The number of ether oxygens (including phenoxy) is 3. The quantitative estimate of drug-likeness (QED) is 0.466. The second-order valence-corrected chi connectivity index (χ2v) is 6.87. The standard InChI is InChI=1S/C20H30O5/c1-12(2)11-16(21)19(24-13(3)4)20(25-14(5)6)18(22)15-9-8-10-17(15)23-7/h9,11,13-14,17H,8,10H2,1-7H3/b20-19-. The summed E-state index contributed by atoms with van der Waals surface area (Å²) in [4.78, 5) is 25.7. The Balaban J connectivity index is 3.42. The Morgan fingerprint density at radius 2 is 1.64 bits per heavy atom. The SMILES string of the molecule is COC1CCC=C1C(=O)/C(OC(C)C)=C(/OC(C)C)C(=O)C=C(C)C. The largest absolute Gasteiger partial charge is 0.483 e. The molecule has 0 heterocycles. The number of hydrogen-bond donors (Lipinski definition) is 0. The van der Waals surface area contributed by atoms with Crippen LogP contribution in [0.4, 0.5) is 0 Å². The van der Waals surface area contributed by atoms with Gasteiger partial charge >= 0.3 is 0 Å². The van der Waals surface area contributed by atoms with E-state index in [0.717, 1.165) is 18.4 Å². The maximum Gasteiger partial charge on any atom is 0.229 e. The molecule has 5 heteroatoms. The average molecular weight is 350 g/mol. The molecule has 0 saturated carbocycles. The number of carbonyl (C=O) groups excluding carboxylic acids is 2. The van der Waals surface area contributed by atoms with Gasteiger partial charge in [-0.3, -0.25) is 9.59 Å². The molecule has 1 aliphatic rings. The predicted octanol–water partition coefficient (Wildman–Crippen LogP) is 3.89. The molecule has 140 valence electrons. The molecule has 0 aromatic carbocycles. The number of rotatable bonds is 9. The second kappa shape index (κ2) is 9.56. The molecular weight excluding hydrogens is 320 g/mol. The lowest BCUT2D eigenvalue weighted by atomic mass is 10.0. The van der Waals surface area contributed by atoms with Crippen LogP contribution in [0.1, 0.15) is 54.4 Å². The first-order valence-corrected chi connectivity index (χ1v) is 8.71. The molecule has 0 aromatic heterocycles. The van der Waals surface area contributed by atoms with E-state index in [1.165, 1.54) is 6.08 Å². The normalized spacial score (nSPS) is 18.0. The highest BCUT2D eigenvalue weighted by Gasteiger charge is 2.33. The van der Waals surface area contributed by atoms with Crippen LogP contribution in [0.3, 0.4) is 0 Å². The predicted molar refractivity (Wildman–Crippen MR) is 97.0 cm³/mol. The van der Waals surface area contributed by atoms with Gasteiger partial charge in [0.2, 0.25) is 23.1 Å². The van der Waals surface area contributed by atoms with Gasteiger partial charge in [-0.2, -0.15) is 0 Å². The van der Waals surface area contributed by atoms with Gasteiger partial charge in [0.05, 0.1) is 18.3 Å². The average Bonchev–Trinajstić information content (AvgIpc) is 2.97. The van der Waals surface area contributed by atoms with Crippen molar-refractivity contribution >= 4 is 11.6 Å². The second-order valence-electron chi connectivity index (χ2n) is 6.87. The first kappa shape index (κ1) is 21.2. The maximum atomic E-state index is 13.1. The molecular formula is C20H30O5. The Morgan fingerprint density at radius 1 is 1.08 bits per heavy atom. The van der Waals surface area contributed by atoms with Gasteiger partial charge in [-0.15, -0.1) is 0 Å². The fraction of sp³-hybridized carbons (Fsp3) is 0.600. The summed E-state index contributed by atoms with van der Waals surface area (Å²) in [5.74, 6) is -0.798. The van der Waals surface area contributed by atoms with Crippen molar-refractivity contribution in [2.75, 3.05) is 7.11 Å².